The van der Waals surface area contributed by atoms with E-state index in [0.717, 1.165) is 3.57 Å². The first-order chi connectivity index (χ1) is 8.58. The molecule has 0 spiro atoms. The third-order valence-corrected chi connectivity index (χ3v) is 3.78. The predicted molar refractivity (Wildman–Crippen MR) is 84.1 cm³/mol. The first-order valence-corrected chi connectivity index (χ1v) is 7.20. The van der Waals surface area contributed by atoms with Crippen LogP contribution in [-0.2, 0) is 0 Å². The van der Waals surface area contributed by atoms with Gasteiger partial charge >= 0.3 is 0 Å². The zero-order valence-electron chi connectivity index (χ0n) is 8.95. The Morgan fingerprint density at radius 3 is 2.83 bits per heavy atom. The highest BCUT2D eigenvalue weighted by Crippen LogP contribution is 2.25. The van der Waals surface area contributed by atoms with Gasteiger partial charge in [0.15, 0.2) is 0 Å². The summed E-state index contributed by atoms with van der Waals surface area (Å²) < 4.78 is 1.65. The van der Waals surface area contributed by atoms with Gasteiger partial charge in [-0.25, -0.2) is 4.98 Å². The molecule has 18 heavy (non-hydrogen) atoms. The third-order valence-electron chi connectivity index (χ3n) is 2.15. The molecule has 0 saturated carbocycles. The fraction of sp³-hybridized carbons (Fsp3) is 0. The molecular weight excluding hydrogens is 430 g/mol. The Morgan fingerprint density at radius 1 is 1.39 bits per heavy atom. The molecule has 1 heterocycles. The van der Waals surface area contributed by atoms with E-state index < -0.39 is 0 Å². The summed E-state index contributed by atoms with van der Waals surface area (Å²) in [7, 11) is 0. The second-order valence-corrected chi connectivity index (χ2v) is 5.92. The maximum Gasteiger partial charge on any atom is 0.275 e. The molecule has 0 unspecified atom stereocenters. The summed E-state index contributed by atoms with van der Waals surface area (Å²) >= 11 is 11.5. The number of hydrogen-bond donors (Lipinski definition) is 1. The number of rotatable bonds is 2. The van der Waals surface area contributed by atoms with Crippen LogP contribution in [0.4, 0.5) is 5.69 Å². The molecule has 6 heteroatoms. The van der Waals surface area contributed by atoms with Crippen LogP contribution >= 0.6 is 50.1 Å². The fourth-order valence-corrected chi connectivity index (χ4v) is 2.66. The second kappa shape index (κ2) is 5.99. The molecule has 1 aromatic carbocycles. The van der Waals surface area contributed by atoms with Crippen molar-refractivity contribution in [2.75, 3.05) is 5.32 Å². The first kappa shape index (κ1) is 13.8. The number of halogens is 3. The zero-order valence-corrected chi connectivity index (χ0v) is 13.5. The molecule has 0 aliphatic rings. The lowest BCUT2D eigenvalue weighted by molar-refractivity contribution is 0.102. The van der Waals surface area contributed by atoms with Crippen LogP contribution in [0.5, 0.6) is 0 Å². The van der Waals surface area contributed by atoms with Crippen molar-refractivity contribution in [3.8, 4) is 0 Å². The molecule has 0 aliphatic heterocycles. The number of anilines is 1. The fourth-order valence-electron chi connectivity index (χ4n) is 1.33. The number of carbonyl (C=O) groups excluding carboxylic acids is 1. The summed E-state index contributed by atoms with van der Waals surface area (Å²) in [6, 6.07) is 8.93. The van der Waals surface area contributed by atoms with Gasteiger partial charge in [0.05, 0.1) is 10.7 Å². The minimum Gasteiger partial charge on any atom is -0.319 e. The summed E-state index contributed by atoms with van der Waals surface area (Å²) in [5, 5.41) is 3.23. The number of nitrogens with one attached hydrogen (secondary N) is 1. The second-order valence-electron chi connectivity index (χ2n) is 3.41. The highest BCUT2D eigenvalue weighted by molar-refractivity contribution is 14.1. The number of pyridine rings is 1. The van der Waals surface area contributed by atoms with Gasteiger partial charge in [0.25, 0.3) is 5.91 Å². The van der Waals surface area contributed by atoms with Crippen LogP contribution in [0.25, 0.3) is 0 Å². The van der Waals surface area contributed by atoms with Crippen LogP contribution in [0.1, 0.15) is 10.5 Å². The van der Waals surface area contributed by atoms with Crippen molar-refractivity contribution in [3.63, 3.8) is 0 Å². The van der Waals surface area contributed by atoms with Crippen molar-refractivity contribution >= 4 is 61.7 Å². The van der Waals surface area contributed by atoms with Gasteiger partial charge < -0.3 is 5.32 Å². The quantitative estimate of drug-likeness (QED) is 0.710. The van der Waals surface area contributed by atoms with Crippen molar-refractivity contribution in [1.29, 1.82) is 0 Å². The Morgan fingerprint density at radius 2 is 2.17 bits per heavy atom. The lowest BCUT2D eigenvalue weighted by Gasteiger charge is -2.07. The Bertz CT molecular complexity index is 606. The number of nitrogens with zero attached hydrogens (tertiary/aromatic N) is 1. The van der Waals surface area contributed by atoms with Gasteiger partial charge in [-0.05, 0) is 68.9 Å². The van der Waals surface area contributed by atoms with Gasteiger partial charge in [0, 0.05) is 14.2 Å². The van der Waals surface area contributed by atoms with Crippen LogP contribution in [0.15, 0.2) is 41.0 Å². The Balaban J connectivity index is 2.24. The largest absolute Gasteiger partial charge is 0.319 e. The molecule has 0 atom stereocenters. The monoisotopic (exact) mass is 436 g/mol. The average molecular weight is 437 g/mol. The van der Waals surface area contributed by atoms with E-state index in [0.29, 0.717) is 20.9 Å². The minimum absolute atomic E-state index is 0.300. The molecule has 0 aliphatic carbocycles. The first-order valence-electron chi connectivity index (χ1n) is 4.95. The molecule has 1 amide bonds. The summed E-state index contributed by atoms with van der Waals surface area (Å²) in [5.74, 6) is -0.300. The van der Waals surface area contributed by atoms with Gasteiger partial charge in [-0.15, -0.1) is 0 Å². The number of carbonyl (C=O) groups is 1. The van der Waals surface area contributed by atoms with Crippen molar-refractivity contribution in [2.24, 2.45) is 0 Å². The van der Waals surface area contributed by atoms with Crippen molar-refractivity contribution in [1.82, 2.24) is 4.98 Å². The van der Waals surface area contributed by atoms with Gasteiger partial charge in [0.1, 0.15) is 5.69 Å². The maximum atomic E-state index is 12.0. The van der Waals surface area contributed by atoms with Crippen molar-refractivity contribution in [3.05, 3.63) is 55.3 Å². The van der Waals surface area contributed by atoms with Gasteiger partial charge in [-0.2, -0.15) is 0 Å². The normalized spacial score (nSPS) is 10.2. The van der Waals surface area contributed by atoms with E-state index in [4.69, 9.17) is 11.6 Å². The van der Waals surface area contributed by atoms with Crippen LogP contribution in [-0.4, -0.2) is 10.9 Å². The van der Waals surface area contributed by atoms with Crippen LogP contribution in [0.3, 0.4) is 0 Å². The van der Waals surface area contributed by atoms with Crippen LogP contribution in [0, 0.1) is 3.57 Å². The number of aromatic nitrogens is 1. The molecule has 3 nitrogen and oxygen atoms in total. The molecular formula is C12H7BrClIN2O. The summed E-state index contributed by atoms with van der Waals surface area (Å²) in [5.41, 5.74) is 0.895. The molecule has 92 valence electrons. The summed E-state index contributed by atoms with van der Waals surface area (Å²) in [6.07, 6.45) is 1.56. The van der Waals surface area contributed by atoms with Crippen molar-refractivity contribution in [2.45, 2.75) is 0 Å². The molecule has 0 fully saturated rings. The zero-order chi connectivity index (χ0) is 13.1. The van der Waals surface area contributed by atoms with Gasteiger partial charge in [-0.1, -0.05) is 11.6 Å². The molecule has 1 N–H and O–H groups in total. The molecule has 2 rings (SSSR count). The molecule has 1 aromatic heterocycles. The smallest absolute Gasteiger partial charge is 0.275 e. The summed E-state index contributed by atoms with van der Waals surface area (Å²) in [6.45, 7) is 0. The number of amides is 1. The average Bonchev–Trinajstić information content (AvgIpc) is 2.33. The minimum atomic E-state index is -0.300. The van der Waals surface area contributed by atoms with E-state index in [2.05, 4.69) is 48.8 Å². The lowest BCUT2D eigenvalue weighted by atomic mass is 10.3. The highest BCUT2D eigenvalue weighted by Gasteiger charge is 2.12. The molecule has 0 saturated heterocycles. The van der Waals surface area contributed by atoms with Gasteiger partial charge in [0.2, 0.25) is 0 Å². The topological polar surface area (TPSA) is 42.0 Å². The van der Waals surface area contributed by atoms with Crippen molar-refractivity contribution < 1.29 is 4.79 Å². The predicted octanol–water partition coefficient (Wildman–Crippen LogP) is 4.35. The van der Waals surface area contributed by atoms with Crippen LogP contribution in [0.2, 0.25) is 5.02 Å². The Hall–Kier alpha value is -0.660. The number of hydrogen-bond acceptors (Lipinski definition) is 2. The highest BCUT2D eigenvalue weighted by atomic mass is 127. The number of benzene rings is 1. The van der Waals surface area contributed by atoms with E-state index >= 15 is 0 Å². The Labute approximate surface area is 131 Å². The van der Waals surface area contributed by atoms with Crippen LogP contribution < -0.4 is 5.32 Å². The van der Waals surface area contributed by atoms with Gasteiger partial charge in [-0.3, -0.25) is 4.79 Å². The standard InChI is InChI=1S/C12H7BrClIN2O/c13-8-2-1-5-16-11(8)12(18)17-10-4-3-7(15)6-9(10)14/h1-6H,(H,17,18). The van der Waals surface area contributed by atoms with E-state index in [1.165, 1.54) is 0 Å². The van der Waals surface area contributed by atoms with E-state index in [-0.39, 0.29) is 5.91 Å². The van der Waals surface area contributed by atoms with E-state index in [1.807, 2.05) is 6.07 Å². The molecule has 0 radical (unpaired) electrons. The molecule has 0 bridgehead atoms. The molecule has 2 aromatic rings. The Kier molecular flexibility index (Phi) is 4.58. The SMILES string of the molecule is O=C(Nc1ccc(I)cc1Cl)c1ncccc1Br. The lowest BCUT2D eigenvalue weighted by Crippen LogP contribution is -2.14. The third kappa shape index (κ3) is 3.21. The summed E-state index contributed by atoms with van der Waals surface area (Å²) in [4.78, 5) is 16.0. The maximum absolute atomic E-state index is 12.0. The van der Waals surface area contributed by atoms with E-state index in [9.17, 15) is 4.79 Å². The van der Waals surface area contributed by atoms with E-state index in [1.54, 1.807) is 30.5 Å².